The zero-order valence-electron chi connectivity index (χ0n) is 11.0. The van der Waals surface area contributed by atoms with Gasteiger partial charge >= 0.3 is 0 Å². The summed E-state index contributed by atoms with van der Waals surface area (Å²) in [5.74, 6) is 1.22. The van der Waals surface area contributed by atoms with Gasteiger partial charge in [0.05, 0.1) is 4.47 Å². The minimum absolute atomic E-state index is 0.341. The molecule has 6 heteroatoms. The highest BCUT2D eigenvalue weighted by Crippen LogP contribution is 2.36. The lowest BCUT2D eigenvalue weighted by Gasteiger charge is -2.14. The van der Waals surface area contributed by atoms with Gasteiger partial charge in [-0.25, -0.2) is 15.0 Å². The molecular weight excluding hydrogens is 324 g/mol. The van der Waals surface area contributed by atoms with Gasteiger partial charge in [0, 0.05) is 18.8 Å². The molecule has 0 saturated heterocycles. The Balaban J connectivity index is 2.43. The van der Waals surface area contributed by atoms with Crippen LogP contribution in [0.5, 0.6) is 0 Å². The number of pyridine rings is 1. The maximum Gasteiger partial charge on any atom is 0.133 e. The number of halogens is 1. The normalized spacial score (nSPS) is 10.8. The first-order chi connectivity index (χ1) is 9.13. The van der Waals surface area contributed by atoms with E-state index in [1.54, 1.807) is 24.3 Å². The third-order valence-corrected chi connectivity index (χ3v) is 4.52. The van der Waals surface area contributed by atoms with Gasteiger partial charge in [-0.15, -0.1) is 0 Å². The van der Waals surface area contributed by atoms with Crippen LogP contribution in [0.15, 0.2) is 39.2 Å². The van der Waals surface area contributed by atoms with Crippen molar-refractivity contribution in [2.45, 2.75) is 29.8 Å². The van der Waals surface area contributed by atoms with Crippen molar-refractivity contribution in [1.29, 1.82) is 0 Å². The fraction of sp³-hybridized carbons (Fsp3) is 0.308. The van der Waals surface area contributed by atoms with Crippen molar-refractivity contribution in [2.24, 2.45) is 0 Å². The minimum Gasteiger partial charge on any atom is -0.373 e. The van der Waals surface area contributed by atoms with E-state index in [0.29, 0.717) is 5.92 Å². The van der Waals surface area contributed by atoms with E-state index < -0.39 is 0 Å². The summed E-state index contributed by atoms with van der Waals surface area (Å²) in [6, 6.07) is 3.88. The minimum atomic E-state index is 0.341. The van der Waals surface area contributed by atoms with Gasteiger partial charge in [0.15, 0.2) is 0 Å². The molecule has 2 aromatic rings. The Morgan fingerprint density at radius 2 is 2.00 bits per heavy atom. The molecule has 0 bridgehead atoms. The summed E-state index contributed by atoms with van der Waals surface area (Å²) in [6.45, 7) is 4.27. The van der Waals surface area contributed by atoms with Crippen LogP contribution in [-0.4, -0.2) is 22.0 Å². The number of anilines is 1. The molecule has 2 rings (SSSR count). The Bertz CT molecular complexity index is 574. The van der Waals surface area contributed by atoms with Gasteiger partial charge in [-0.1, -0.05) is 13.8 Å². The van der Waals surface area contributed by atoms with E-state index in [2.05, 4.69) is 50.0 Å². The molecule has 0 aliphatic heterocycles. The molecule has 0 radical (unpaired) electrons. The lowest BCUT2D eigenvalue weighted by Crippen LogP contribution is -2.04. The number of rotatable bonds is 4. The molecule has 0 aliphatic rings. The van der Waals surface area contributed by atoms with Crippen molar-refractivity contribution in [3.63, 3.8) is 0 Å². The molecule has 19 heavy (non-hydrogen) atoms. The fourth-order valence-corrected chi connectivity index (χ4v) is 3.22. The van der Waals surface area contributed by atoms with Crippen LogP contribution >= 0.6 is 27.7 Å². The molecule has 1 N–H and O–H groups in total. The van der Waals surface area contributed by atoms with Crippen LogP contribution in [0.2, 0.25) is 0 Å². The molecule has 0 saturated carbocycles. The third kappa shape index (κ3) is 3.25. The quantitative estimate of drug-likeness (QED) is 0.855. The van der Waals surface area contributed by atoms with Crippen LogP contribution in [0.4, 0.5) is 5.82 Å². The van der Waals surface area contributed by atoms with Crippen molar-refractivity contribution in [3.05, 3.63) is 34.7 Å². The van der Waals surface area contributed by atoms with Gasteiger partial charge in [-0.3, -0.25) is 0 Å². The number of nitrogens with zero attached hydrogens (tertiary/aromatic N) is 3. The maximum atomic E-state index is 4.40. The Kier molecular flexibility index (Phi) is 4.76. The number of aromatic nitrogens is 3. The van der Waals surface area contributed by atoms with Crippen LogP contribution in [0.25, 0.3) is 0 Å². The smallest absolute Gasteiger partial charge is 0.133 e. The van der Waals surface area contributed by atoms with E-state index in [1.807, 2.05) is 19.2 Å². The monoisotopic (exact) mass is 338 g/mol. The highest BCUT2D eigenvalue weighted by atomic mass is 79.9. The lowest BCUT2D eigenvalue weighted by molar-refractivity contribution is 0.805. The number of hydrogen-bond acceptors (Lipinski definition) is 5. The third-order valence-electron chi connectivity index (χ3n) is 2.58. The molecule has 0 aliphatic carbocycles. The Hall–Kier alpha value is -1.14. The highest BCUT2D eigenvalue weighted by Gasteiger charge is 2.16. The molecule has 0 amide bonds. The van der Waals surface area contributed by atoms with Crippen molar-refractivity contribution in [3.8, 4) is 0 Å². The van der Waals surface area contributed by atoms with Gasteiger partial charge < -0.3 is 5.32 Å². The second kappa shape index (κ2) is 6.34. The first-order valence-electron chi connectivity index (χ1n) is 5.94. The standard InChI is InChI=1S/C13H15BrN4S/c1-8(2)10-11(15-3)17-7-18-13(10)19-12-9(14)5-4-6-16-12/h4-8H,1-3H3,(H,15,17,18). The Labute approximate surface area is 125 Å². The molecule has 0 aromatic carbocycles. The zero-order chi connectivity index (χ0) is 13.8. The van der Waals surface area contributed by atoms with Crippen LogP contribution in [0.3, 0.4) is 0 Å². The van der Waals surface area contributed by atoms with Crippen LogP contribution < -0.4 is 5.32 Å². The Morgan fingerprint density at radius 1 is 1.21 bits per heavy atom. The van der Waals surface area contributed by atoms with Crippen molar-refractivity contribution in [1.82, 2.24) is 15.0 Å². The first-order valence-corrected chi connectivity index (χ1v) is 7.55. The second-order valence-corrected chi connectivity index (χ2v) is 6.07. The predicted molar refractivity (Wildman–Crippen MR) is 81.7 cm³/mol. The van der Waals surface area contributed by atoms with Gasteiger partial charge in [0.1, 0.15) is 22.2 Å². The van der Waals surface area contributed by atoms with Crippen LogP contribution in [-0.2, 0) is 0 Å². The summed E-state index contributed by atoms with van der Waals surface area (Å²) < 4.78 is 0.972. The average Bonchev–Trinajstić information content (AvgIpc) is 2.40. The Morgan fingerprint density at radius 3 is 2.63 bits per heavy atom. The summed E-state index contributed by atoms with van der Waals surface area (Å²) in [5, 5.41) is 4.97. The van der Waals surface area contributed by atoms with E-state index in [1.165, 1.54) is 0 Å². The largest absolute Gasteiger partial charge is 0.373 e. The molecule has 0 atom stereocenters. The molecule has 2 heterocycles. The summed E-state index contributed by atoms with van der Waals surface area (Å²) in [6.07, 6.45) is 3.36. The van der Waals surface area contributed by atoms with E-state index in [-0.39, 0.29) is 0 Å². The molecule has 2 aromatic heterocycles. The molecule has 0 fully saturated rings. The molecule has 0 unspecified atom stereocenters. The SMILES string of the molecule is CNc1ncnc(Sc2ncccc2Br)c1C(C)C. The first kappa shape index (κ1) is 14.3. The van der Waals surface area contributed by atoms with Gasteiger partial charge in [-0.2, -0.15) is 0 Å². The van der Waals surface area contributed by atoms with Gasteiger partial charge in [0.25, 0.3) is 0 Å². The highest BCUT2D eigenvalue weighted by molar-refractivity contribution is 9.10. The van der Waals surface area contributed by atoms with Gasteiger partial charge in [-0.05, 0) is 45.7 Å². The fourth-order valence-electron chi connectivity index (χ4n) is 1.72. The molecular formula is C13H15BrN4S. The number of nitrogens with one attached hydrogen (secondary N) is 1. The van der Waals surface area contributed by atoms with E-state index in [4.69, 9.17) is 0 Å². The van der Waals surface area contributed by atoms with Crippen molar-refractivity contribution < 1.29 is 0 Å². The summed E-state index contributed by atoms with van der Waals surface area (Å²) in [4.78, 5) is 13.0. The lowest BCUT2D eigenvalue weighted by atomic mass is 10.1. The molecule has 100 valence electrons. The topological polar surface area (TPSA) is 50.7 Å². The van der Waals surface area contributed by atoms with Crippen LogP contribution in [0, 0.1) is 0 Å². The summed E-state index contributed by atoms with van der Waals surface area (Å²) >= 11 is 5.06. The maximum absolute atomic E-state index is 4.40. The van der Waals surface area contributed by atoms with E-state index in [9.17, 15) is 0 Å². The predicted octanol–water partition coefficient (Wildman–Crippen LogP) is 3.95. The average molecular weight is 339 g/mol. The van der Waals surface area contributed by atoms with Crippen LogP contribution in [0.1, 0.15) is 25.3 Å². The van der Waals surface area contributed by atoms with Crippen molar-refractivity contribution in [2.75, 3.05) is 12.4 Å². The zero-order valence-corrected chi connectivity index (χ0v) is 13.4. The van der Waals surface area contributed by atoms with Gasteiger partial charge in [0.2, 0.25) is 0 Å². The van der Waals surface area contributed by atoms with Crippen molar-refractivity contribution >= 4 is 33.5 Å². The summed E-state index contributed by atoms with van der Waals surface area (Å²) in [5.41, 5.74) is 1.12. The van der Waals surface area contributed by atoms with E-state index in [0.717, 1.165) is 25.9 Å². The van der Waals surface area contributed by atoms with E-state index >= 15 is 0 Å². The molecule has 4 nitrogen and oxygen atoms in total. The number of hydrogen-bond donors (Lipinski definition) is 1. The second-order valence-electron chi connectivity index (χ2n) is 4.24. The summed E-state index contributed by atoms with van der Waals surface area (Å²) in [7, 11) is 1.87. The molecule has 0 spiro atoms.